The normalized spacial score (nSPS) is 11.6. The second-order valence-corrected chi connectivity index (χ2v) is 15.0. The summed E-state index contributed by atoms with van der Waals surface area (Å²) in [5, 5.41) is 7.36. The van der Waals surface area contributed by atoms with E-state index < -0.39 is 0 Å². The van der Waals surface area contributed by atoms with E-state index >= 15 is 0 Å². The Hall–Kier alpha value is -6.64. The average molecular weight is 695 g/mol. The van der Waals surface area contributed by atoms with Crippen LogP contribution in [0.1, 0.15) is 26.3 Å². The molecule has 9 rings (SSSR count). The molecule has 0 heterocycles. The fraction of sp³-hybridized carbons (Fsp3) is 0.0769. The molecule has 0 aliphatic heterocycles. The number of fused-ring (bicyclic) bond motifs is 4. The molecule has 0 saturated heterocycles. The fourth-order valence-electron chi connectivity index (χ4n) is 7.82. The SMILES string of the molecule is CC(C)(C)c1cc(N(c2ccccc2)c2ccccc2)c(-c2ccc3ccccc3c2)c(N(c2ccccc2)c2cccc3c2ccc2ccccc23)c1. The van der Waals surface area contributed by atoms with Crippen molar-refractivity contribution in [1.82, 2.24) is 0 Å². The van der Waals surface area contributed by atoms with Gasteiger partial charge in [0.15, 0.2) is 0 Å². The molecule has 0 bridgehead atoms. The van der Waals surface area contributed by atoms with Crippen LogP contribution in [0.3, 0.4) is 0 Å². The van der Waals surface area contributed by atoms with Crippen molar-refractivity contribution in [3.8, 4) is 11.1 Å². The second kappa shape index (κ2) is 13.7. The van der Waals surface area contributed by atoms with E-state index in [1.165, 1.54) is 37.9 Å². The highest BCUT2D eigenvalue weighted by molar-refractivity contribution is 6.13. The van der Waals surface area contributed by atoms with Crippen molar-refractivity contribution in [2.24, 2.45) is 0 Å². The van der Waals surface area contributed by atoms with E-state index in [9.17, 15) is 0 Å². The van der Waals surface area contributed by atoms with E-state index in [0.717, 1.165) is 45.3 Å². The Morgan fingerprint density at radius 2 is 0.833 bits per heavy atom. The summed E-state index contributed by atoms with van der Waals surface area (Å²) < 4.78 is 0. The molecule has 0 spiro atoms. The van der Waals surface area contributed by atoms with Crippen LogP contribution in [0.2, 0.25) is 0 Å². The van der Waals surface area contributed by atoms with E-state index in [0.29, 0.717) is 0 Å². The van der Waals surface area contributed by atoms with Crippen molar-refractivity contribution in [1.29, 1.82) is 0 Å². The van der Waals surface area contributed by atoms with Crippen LogP contribution in [0.25, 0.3) is 43.4 Å². The van der Waals surface area contributed by atoms with Crippen molar-refractivity contribution in [3.05, 3.63) is 206 Å². The van der Waals surface area contributed by atoms with Crippen LogP contribution < -0.4 is 9.80 Å². The van der Waals surface area contributed by atoms with Crippen LogP contribution >= 0.6 is 0 Å². The van der Waals surface area contributed by atoms with Crippen LogP contribution in [-0.4, -0.2) is 0 Å². The first-order valence-corrected chi connectivity index (χ1v) is 18.8. The summed E-state index contributed by atoms with van der Waals surface area (Å²) in [6.07, 6.45) is 0. The Morgan fingerprint density at radius 1 is 0.333 bits per heavy atom. The molecule has 0 fully saturated rings. The van der Waals surface area contributed by atoms with Gasteiger partial charge in [0.05, 0.1) is 17.1 Å². The average Bonchev–Trinajstić information content (AvgIpc) is 3.21. The summed E-state index contributed by atoms with van der Waals surface area (Å²) in [6, 6.07) is 72.9. The zero-order chi connectivity index (χ0) is 36.6. The van der Waals surface area contributed by atoms with E-state index in [-0.39, 0.29) is 5.41 Å². The van der Waals surface area contributed by atoms with Crippen LogP contribution in [0.4, 0.5) is 34.1 Å². The van der Waals surface area contributed by atoms with Crippen LogP contribution in [0.15, 0.2) is 200 Å². The number of para-hydroxylation sites is 3. The maximum absolute atomic E-state index is 2.49. The summed E-state index contributed by atoms with van der Waals surface area (Å²) >= 11 is 0. The van der Waals surface area contributed by atoms with Crippen molar-refractivity contribution < 1.29 is 0 Å². The predicted octanol–water partition coefficient (Wildman–Crippen LogP) is 15.1. The molecule has 0 atom stereocenters. The van der Waals surface area contributed by atoms with Gasteiger partial charge in [0.2, 0.25) is 0 Å². The maximum Gasteiger partial charge on any atom is 0.0564 e. The molecule has 0 saturated carbocycles. The number of anilines is 6. The van der Waals surface area contributed by atoms with Gasteiger partial charge in [-0.1, -0.05) is 160 Å². The van der Waals surface area contributed by atoms with Crippen molar-refractivity contribution in [2.75, 3.05) is 9.80 Å². The highest BCUT2D eigenvalue weighted by Crippen LogP contribution is 2.52. The van der Waals surface area contributed by atoms with Gasteiger partial charge in [-0.15, -0.1) is 0 Å². The van der Waals surface area contributed by atoms with Gasteiger partial charge in [0, 0.05) is 28.0 Å². The lowest BCUT2D eigenvalue weighted by atomic mass is 9.83. The molecule has 0 aromatic heterocycles. The van der Waals surface area contributed by atoms with Crippen molar-refractivity contribution >= 4 is 66.4 Å². The monoisotopic (exact) mass is 694 g/mol. The van der Waals surface area contributed by atoms with Crippen molar-refractivity contribution in [3.63, 3.8) is 0 Å². The predicted molar refractivity (Wildman–Crippen MR) is 232 cm³/mol. The molecule has 2 nitrogen and oxygen atoms in total. The van der Waals surface area contributed by atoms with Gasteiger partial charge in [-0.25, -0.2) is 0 Å². The summed E-state index contributed by atoms with van der Waals surface area (Å²) in [6.45, 7) is 6.95. The third-order valence-corrected chi connectivity index (χ3v) is 10.5. The quantitative estimate of drug-likeness (QED) is 0.153. The largest absolute Gasteiger partial charge is 0.310 e. The first kappa shape index (κ1) is 33.2. The Kier molecular flexibility index (Phi) is 8.44. The van der Waals surface area contributed by atoms with Gasteiger partial charge in [-0.2, -0.15) is 0 Å². The third-order valence-electron chi connectivity index (χ3n) is 10.5. The molecule has 0 unspecified atom stereocenters. The lowest BCUT2D eigenvalue weighted by Gasteiger charge is -2.35. The number of rotatable bonds is 7. The minimum absolute atomic E-state index is 0.151. The molecular formula is C52H42N2. The van der Waals surface area contributed by atoms with Crippen LogP contribution in [-0.2, 0) is 5.41 Å². The highest BCUT2D eigenvalue weighted by Gasteiger charge is 2.29. The van der Waals surface area contributed by atoms with E-state index in [2.05, 4.69) is 231 Å². The topological polar surface area (TPSA) is 6.48 Å². The van der Waals surface area contributed by atoms with E-state index in [1.54, 1.807) is 0 Å². The molecule has 0 radical (unpaired) electrons. The minimum Gasteiger partial charge on any atom is -0.310 e. The third kappa shape index (κ3) is 6.06. The Morgan fingerprint density at radius 3 is 1.46 bits per heavy atom. The molecule has 54 heavy (non-hydrogen) atoms. The maximum atomic E-state index is 2.49. The van der Waals surface area contributed by atoms with Crippen LogP contribution in [0.5, 0.6) is 0 Å². The molecule has 260 valence electrons. The first-order valence-electron chi connectivity index (χ1n) is 18.8. The Balaban J connectivity index is 1.45. The van der Waals surface area contributed by atoms with Gasteiger partial charge in [-0.05, 0) is 104 Å². The van der Waals surface area contributed by atoms with Gasteiger partial charge in [-0.3, -0.25) is 0 Å². The summed E-state index contributed by atoms with van der Waals surface area (Å²) in [5.41, 5.74) is 10.1. The van der Waals surface area contributed by atoms with E-state index in [4.69, 9.17) is 0 Å². The van der Waals surface area contributed by atoms with Gasteiger partial charge < -0.3 is 9.80 Å². The second-order valence-electron chi connectivity index (χ2n) is 15.0. The zero-order valence-electron chi connectivity index (χ0n) is 30.9. The standard InChI is InChI=1S/C52H42N2/c1-52(2,3)41-35-49(53(42-21-7-4-8-22-42)43-23-9-5-10-24-43)51(40-31-30-37-18-13-14-20-39(37)34-40)50(36-41)54(44-25-11-6-12-26-44)48-29-17-28-46-45-27-16-15-19-38(45)32-33-47(46)48/h4-36H,1-3H3. The fourth-order valence-corrected chi connectivity index (χ4v) is 7.82. The molecule has 9 aromatic rings. The lowest BCUT2D eigenvalue weighted by molar-refractivity contribution is 0.590. The minimum atomic E-state index is -0.151. The summed E-state index contributed by atoms with van der Waals surface area (Å²) in [7, 11) is 0. The van der Waals surface area contributed by atoms with Gasteiger partial charge in [0.1, 0.15) is 0 Å². The zero-order valence-corrected chi connectivity index (χ0v) is 30.9. The van der Waals surface area contributed by atoms with Gasteiger partial charge in [0.25, 0.3) is 0 Å². The van der Waals surface area contributed by atoms with Crippen molar-refractivity contribution in [2.45, 2.75) is 26.2 Å². The molecule has 9 aromatic carbocycles. The Labute approximate surface area is 318 Å². The first-order chi connectivity index (χ1) is 26.4. The van der Waals surface area contributed by atoms with Gasteiger partial charge >= 0.3 is 0 Å². The lowest BCUT2D eigenvalue weighted by Crippen LogP contribution is -2.19. The molecule has 0 aliphatic carbocycles. The summed E-state index contributed by atoms with van der Waals surface area (Å²) in [5.74, 6) is 0. The number of nitrogens with zero attached hydrogens (tertiary/aromatic N) is 2. The molecule has 2 heteroatoms. The molecule has 0 amide bonds. The summed E-state index contributed by atoms with van der Waals surface area (Å²) in [4.78, 5) is 4.93. The van der Waals surface area contributed by atoms with E-state index in [1.807, 2.05) is 0 Å². The Bertz CT molecular complexity index is 2710. The number of hydrogen-bond acceptors (Lipinski definition) is 2. The van der Waals surface area contributed by atoms with Crippen LogP contribution in [0, 0.1) is 0 Å². The number of hydrogen-bond donors (Lipinski definition) is 0. The smallest absolute Gasteiger partial charge is 0.0564 e. The molecule has 0 aliphatic rings. The molecule has 0 N–H and O–H groups in total. The highest BCUT2D eigenvalue weighted by atomic mass is 15.2. The number of benzene rings is 9. The molecular weight excluding hydrogens is 653 g/mol.